The number of carboxylic acid groups (broad SMARTS) is 1. The molecule has 0 aliphatic carbocycles. The monoisotopic (exact) mass is 307 g/mol. The molecule has 2 N–H and O–H groups in total. The van der Waals surface area contributed by atoms with E-state index in [9.17, 15) is 22.4 Å². The molecule has 1 aromatic rings. The van der Waals surface area contributed by atoms with Crippen LogP contribution in [0, 0.1) is 11.7 Å². The van der Waals surface area contributed by atoms with Gasteiger partial charge in [-0.3, -0.25) is 4.79 Å². The van der Waals surface area contributed by atoms with Gasteiger partial charge in [0.05, 0.1) is 5.56 Å². The average molecular weight is 307 g/mol. The smallest absolute Gasteiger partial charge is 0.416 e. The van der Waals surface area contributed by atoms with E-state index < -0.39 is 29.6 Å². The molecule has 0 heterocycles. The number of carboxylic acids is 1. The fraction of sp³-hybridized carbons (Fsp3) is 0.500. The van der Waals surface area contributed by atoms with Crippen LogP contribution in [0.2, 0.25) is 0 Å². The molecule has 118 valence electrons. The summed E-state index contributed by atoms with van der Waals surface area (Å²) in [5.41, 5.74) is -1.28. The zero-order chi connectivity index (χ0) is 16.2. The second-order valence-corrected chi connectivity index (χ2v) is 5.20. The van der Waals surface area contributed by atoms with Gasteiger partial charge in [-0.25, -0.2) is 4.39 Å². The van der Waals surface area contributed by atoms with Crippen molar-refractivity contribution in [1.82, 2.24) is 5.32 Å². The lowest BCUT2D eigenvalue weighted by Crippen LogP contribution is -2.37. The Balaban J connectivity index is 2.90. The van der Waals surface area contributed by atoms with Gasteiger partial charge >= 0.3 is 12.1 Å². The second kappa shape index (κ2) is 6.89. The zero-order valence-electron chi connectivity index (χ0n) is 11.7. The molecule has 1 atom stereocenters. The third-order valence-corrected chi connectivity index (χ3v) is 2.92. The maximum atomic E-state index is 13.0. The van der Waals surface area contributed by atoms with Crippen LogP contribution in [-0.4, -0.2) is 17.1 Å². The second-order valence-electron chi connectivity index (χ2n) is 5.20. The topological polar surface area (TPSA) is 49.3 Å². The molecule has 0 fully saturated rings. The summed E-state index contributed by atoms with van der Waals surface area (Å²) >= 11 is 0. The number of halogens is 4. The summed E-state index contributed by atoms with van der Waals surface area (Å²) in [5, 5.41) is 11.6. The maximum Gasteiger partial charge on any atom is 0.416 e. The van der Waals surface area contributed by atoms with Crippen LogP contribution in [0.15, 0.2) is 18.2 Å². The fourth-order valence-electron chi connectivity index (χ4n) is 1.94. The fourth-order valence-corrected chi connectivity index (χ4v) is 1.94. The van der Waals surface area contributed by atoms with Crippen molar-refractivity contribution in [1.29, 1.82) is 0 Å². The van der Waals surface area contributed by atoms with Crippen molar-refractivity contribution < 1.29 is 27.5 Å². The molecule has 0 spiro atoms. The molecule has 21 heavy (non-hydrogen) atoms. The van der Waals surface area contributed by atoms with E-state index in [0.29, 0.717) is 6.07 Å². The molecule has 3 nitrogen and oxygen atoms in total. The molecule has 0 aromatic heterocycles. The number of hydrogen-bond donors (Lipinski definition) is 2. The van der Waals surface area contributed by atoms with Crippen LogP contribution < -0.4 is 5.32 Å². The largest absolute Gasteiger partial charge is 0.480 e. The van der Waals surface area contributed by atoms with Gasteiger partial charge in [0.15, 0.2) is 0 Å². The van der Waals surface area contributed by atoms with Crippen molar-refractivity contribution in [2.45, 2.75) is 39.0 Å². The Bertz CT molecular complexity index is 500. The Morgan fingerprint density at radius 1 is 1.33 bits per heavy atom. The average Bonchev–Trinajstić information content (AvgIpc) is 2.33. The van der Waals surface area contributed by atoms with Crippen LogP contribution in [0.5, 0.6) is 0 Å². The van der Waals surface area contributed by atoms with Crippen molar-refractivity contribution in [2.24, 2.45) is 5.92 Å². The van der Waals surface area contributed by atoms with Gasteiger partial charge in [-0.05, 0) is 30.0 Å². The first-order valence-electron chi connectivity index (χ1n) is 6.43. The molecule has 0 saturated carbocycles. The van der Waals surface area contributed by atoms with Gasteiger partial charge in [-0.1, -0.05) is 19.9 Å². The van der Waals surface area contributed by atoms with E-state index >= 15 is 0 Å². The minimum absolute atomic E-state index is 0.0777. The summed E-state index contributed by atoms with van der Waals surface area (Å²) in [6, 6.07) is 1.40. The van der Waals surface area contributed by atoms with Crippen LogP contribution in [0.4, 0.5) is 17.6 Å². The van der Waals surface area contributed by atoms with Gasteiger partial charge in [-0.2, -0.15) is 13.2 Å². The highest BCUT2D eigenvalue weighted by Crippen LogP contribution is 2.32. The molecule has 0 aliphatic heterocycles. The van der Waals surface area contributed by atoms with Crippen LogP contribution in [-0.2, 0) is 17.5 Å². The number of hydrogen-bond acceptors (Lipinski definition) is 2. The molecule has 0 aliphatic rings. The van der Waals surface area contributed by atoms with E-state index in [2.05, 4.69) is 5.32 Å². The predicted molar refractivity (Wildman–Crippen MR) is 69.1 cm³/mol. The lowest BCUT2D eigenvalue weighted by Gasteiger charge is -2.18. The molecule has 0 unspecified atom stereocenters. The first-order valence-corrected chi connectivity index (χ1v) is 6.43. The third kappa shape index (κ3) is 5.34. The molecule has 1 rings (SSSR count). The molecule has 1 aromatic carbocycles. The van der Waals surface area contributed by atoms with Gasteiger partial charge in [0.25, 0.3) is 0 Å². The Kier molecular flexibility index (Phi) is 5.71. The minimum atomic E-state index is -4.68. The number of alkyl halides is 3. The summed E-state index contributed by atoms with van der Waals surface area (Å²) < 4.78 is 51.4. The first kappa shape index (κ1) is 17.4. The summed E-state index contributed by atoms with van der Waals surface area (Å²) in [6.45, 7) is 3.34. The predicted octanol–water partition coefficient (Wildman–Crippen LogP) is 3.43. The maximum absolute atomic E-state index is 13.0. The van der Waals surface area contributed by atoms with E-state index in [1.165, 1.54) is 0 Å². The van der Waals surface area contributed by atoms with Crippen molar-refractivity contribution >= 4 is 5.97 Å². The van der Waals surface area contributed by atoms with Gasteiger partial charge in [0.1, 0.15) is 11.9 Å². The van der Waals surface area contributed by atoms with Gasteiger partial charge in [-0.15, -0.1) is 0 Å². The lowest BCUT2D eigenvalue weighted by molar-refractivity contribution is -0.140. The van der Waals surface area contributed by atoms with Crippen molar-refractivity contribution in [3.05, 3.63) is 35.1 Å². The van der Waals surface area contributed by atoms with Gasteiger partial charge in [0, 0.05) is 6.54 Å². The Morgan fingerprint density at radius 3 is 2.43 bits per heavy atom. The SMILES string of the molecule is CC(C)C[C@@H](NCc1ccc(F)cc1C(F)(F)F)C(=O)O. The summed E-state index contributed by atoms with van der Waals surface area (Å²) in [4.78, 5) is 11.0. The summed E-state index contributed by atoms with van der Waals surface area (Å²) in [7, 11) is 0. The van der Waals surface area contributed by atoms with Crippen molar-refractivity contribution in [3.8, 4) is 0 Å². The van der Waals surface area contributed by atoms with Gasteiger partial charge < -0.3 is 10.4 Å². The normalized spacial score (nSPS) is 13.5. The molecule has 0 bridgehead atoms. The standard InChI is InChI=1S/C14H17F4NO2/c1-8(2)5-12(13(20)21)19-7-9-3-4-10(15)6-11(9)14(16,17)18/h3-4,6,8,12,19H,5,7H2,1-2H3,(H,20,21)/t12-/m1/s1. The molecule has 0 amide bonds. The summed E-state index contributed by atoms with van der Waals surface area (Å²) in [5.74, 6) is -2.03. The van der Waals surface area contributed by atoms with E-state index in [1.54, 1.807) is 0 Å². The minimum Gasteiger partial charge on any atom is -0.480 e. The first-order chi connectivity index (χ1) is 9.61. The van der Waals surface area contributed by atoms with E-state index in [1.807, 2.05) is 13.8 Å². The van der Waals surface area contributed by atoms with Crippen LogP contribution in [0.3, 0.4) is 0 Å². The lowest BCUT2D eigenvalue weighted by atomic mass is 10.0. The van der Waals surface area contributed by atoms with Crippen molar-refractivity contribution in [2.75, 3.05) is 0 Å². The molecular formula is C14H17F4NO2. The quantitative estimate of drug-likeness (QED) is 0.792. The van der Waals surface area contributed by atoms with E-state index in [0.717, 1.165) is 12.1 Å². The number of nitrogens with one attached hydrogen (secondary N) is 1. The van der Waals surface area contributed by atoms with Crippen LogP contribution in [0.1, 0.15) is 31.4 Å². The Hall–Kier alpha value is -1.63. The highest BCUT2D eigenvalue weighted by Gasteiger charge is 2.34. The highest BCUT2D eigenvalue weighted by molar-refractivity contribution is 5.73. The van der Waals surface area contributed by atoms with E-state index in [-0.39, 0.29) is 24.4 Å². The number of aliphatic carboxylic acids is 1. The number of benzene rings is 1. The third-order valence-electron chi connectivity index (χ3n) is 2.92. The van der Waals surface area contributed by atoms with Crippen molar-refractivity contribution in [3.63, 3.8) is 0 Å². The molecular weight excluding hydrogens is 290 g/mol. The Labute approximate surface area is 120 Å². The highest BCUT2D eigenvalue weighted by atomic mass is 19.4. The van der Waals surface area contributed by atoms with Gasteiger partial charge in [0.2, 0.25) is 0 Å². The molecule has 0 radical (unpaired) electrons. The van der Waals surface area contributed by atoms with E-state index in [4.69, 9.17) is 5.11 Å². The zero-order valence-corrected chi connectivity index (χ0v) is 11.7. The summed E-state index contributed by atoms with van der Waals surface area (Å²) in [6.07, 6.45) is -4.40. The molecule has 7 heteroatoms. The molecule has 0 saturated heterocycles. The van der Waals surface area contributed by atoms with Crippen LogP contribution >= 0.6 is 0 Å². The Morgan fingerprint density at radius 2 is 1.95 bits per heavy atom. The number of rotatable bonds is 6. The number of carbonyl (C=O) groups is 1. The van der Waals surface area contributed by atoms with Crippen LogP contribution in [0.25, 0.3) is 0 Å².